The number of amides is 1. The van der Waals surface area contributed by atoms with Crippen LogP contribution >= 0.6 is 11.3 Å². The molecule has 1 aliphatic rings. The summed E-state index contributed by atoms with van der Waals surface area (Å²) in [7, 11) is 0. The van der Waals surface area contributed by atoms with Crippen LogP contribution in [-0.2, 0) is 0 Å². The Morgan fingerprint density at radius 2 is 2.06 bits per heavy atom. The van der Waals surface area contributed by atoms with Crippen molar-refractivity contribution in [2.45, 2.75) is 12.8 Å². The van der Waals surface area contributed by atoms with Gasteiger partial charge in [-0.1, -0.05) is 0 Å². The van der Waals surface area contributed by atoms with Gasteiger partial charge in [0.05, 0.1) is 5.69 Å². The van der Waals surface area contributed by atoms with Crippen molar-refractivity contribution < 1.29 is 4.79 Å². The Hall–Kier alpha value is -1.74. The van der Waals surface area contributed by atoms with Crippen LogP contribution in [0.15, 0.2) is 0 Å². The lowest BCUT2D eigenvalue weighted by Gasteiger charge is -2.14. The molecule has 0 saturated carbocycles. The number of rotatable bonds is 2. The van der Waals surface area contributed by atoms with E-state index >= 15 is 0 Å². The lowest BCUT2D eigenvalue weighted by Crippen LogP contribution is -2.17. The van der Waals surface area contributed by atoms with Crippen LogP contribution in [-0.4, -0.2) is 19.0 Å². The van der Waals surface area contributed by atoms with Gasteiger partial charge in [-0.05, 0) is 12.8 Å². The number of primary amides is 1. The Labute approximate surface area is 97.2 Å². The van der Waals surface area contributed by atoms with Crippen molar-refractivity contribution in [3.63, 3.8) is 0 Å². The van der Waals surface area contributed by atoms with E-state index in [0.717, 1.165) is 30.9 Å². The van der Waals surface area contributed by atoms with Crippen LogP contribution < -0.4 is 16.4 Å². The first-order chi connectivity index (χ1) is 7.65. The molecule has 0 bridgehead atoms. The molecule has 1 aromatic heterocycles. The molecule has 0 atom stereocenters. The molecule has 16 heavy (non-hydrogen) atoms. The molecule has 2 rings (SSSR count). The lowest BCUT2D eigenvalue weighted by molar-refractivity contribution is 0.100. The van der Waals surface area contributed by atoms with Crippen LogP contribution in [0.1, 0.15) is 28.1 Å². The van der Waals surface area contributed by atoms with Crippen LogP contribution in [0.2, 0.25) is 0 Å². The zero-order valence-electron chi connectivity index (χ0n) is 8.69. The van der Waals surface area contributed by atoms with E-state index in [9.17, 15) is 4.79 Å². The third-order valence-electron chi connectivity index (χ3n) is 2.66. The number of carbonyl (C=O) groups excluding carboxylic acids is 1. The summed E-state index contributed by atoms with van der Waals surface area (Å²) >= 11 is 1.22. The van der Waals surface area contributed by atoms with Crippen molar-refractivity contribution >= 4 is 27.9 Å². The fourth-order valence-electron chi connectivity index (χ4n) is 1.87. The highest BCUT2D eigenvalue weighted by atomic mass is 32.1. The van der Waals surface area contributed by atoms with Gasteiger partial charge in [0.1, 0.15) is 21.5 Å². The molecule has 1 amide bonds. The number of nitrogens with zero attached hydrogens (tertiary/aromatic N) is 2. The standard InChI is InChI=1S/C10H12N4OS/c11-5-6-7(12)8(9(13)15)16-10(6)14-3-1-2-4-14/h1-4,12H2,(H2,13,15). The maximum absolute atomic E-state index is 11.1. The predicted octanol–water partition coefficient (Wildman–Crippen LogP) is 0.901. The molecule has 1 fully saturated rings. The van der Waals surface area contributed by atoms with Gasteiger partial charge in [0, 0.05) is 13.1 Å². The second-order valence-electron chi connectivity index (χ2n) is 3.70. The monoisotopic (exact) mass is 236 g/mol. The number of anilines is 2. The van der Waals surface area contributed by atoms with Gasteiger partial charge in [0.2, 0.25) is 0 Å². The molecular weight excluding hydrogens is 224 g/mol. The summed E-state index contributed by atoms with van der Waals surface area (Å²) in [6.45, 7) is 1.82. The minimum atomic E-state index is -0.565. The molecule has 0 aromatic carbocycles. The number of thiophene rings is 1. The Morgan fingerprint density at radius 3 is 2.56 bits per heavy atom. The normalized spacial score (nSPS) is 15.1. The maximum Gasteiger partial charge on any atom is 0.261 e. The van der Waals surface area contributed by atoms with E-state index in [2.05, 4.69) is 11.0 Å². The van der Waals surface area contributed by atoms with Gasteiger partial charge in [-0.2, -0.15) is 5.26 Å². The molecule has 2 heterocycles. The molecule has 1 aliphatic heterocycles. The molecular formula is C10H12N4OS. The number of hydrogen-bond acceptors (Lipinski definition) is 5. The highest BCUT2D eigenvalue weighted by Gasteiger charge is 2.24. The van der Waals surface area contributed by atoms with Crippen LogP contribution in [0.4, 0.5) is 10.7 Å². The minimum Gasteiger partial charge on any atom is -0.396 e. The third kappa shape index (κ3) is 1.59. The van der Waals surface area contributed by atoms with Crippen LogP contribution in [0, 0.1) is 11.3 Å². The highest BCUT2D eigenvalue weighted by Crippen LogP contribution is 2.38. The topological polar surface area (TPSA) is 96.1 Å². The Kier molecular flexibility index (Phi) is 2.71. The van der Waals surface area contributed by atoms with Crippen LogP contribution in [0.5, 0.6) is 0 Å². The van der Waals surface area contributed by atoms with Crippen molar-refractivity contribution in [1.82, 2.24) is 0 Å². The molecule has 0 radical (unpaired) electrons. The maximum atomic E-state index is 11.1. The summed E-state index contributed by atoms with van der Waals surface area (Å²) in [6.07, 6.45) is 2.21. The van der Waals surface area contributed by atoms with Crippen molar-refractivity contribution in [2.75, 3.05) is 23.7 Å². The van der Waals surface area contributed by atoms with E-state index in [-0.39, 0.29) is 5.69 Å². The summed E-state index contributed by atoms with van der Waals surface area (Å²) < 4.78 is 0. The van der Waals surface area contributed by atoms with E-state index in [1.807, 2.05) is 0 Å². The summed E-state index contributed by atoms with van der Waals surface area (Å²) in [5.41, 5.74) is 11.6. The van der Waals surface area contributed by atoms with Crippen LogP contribution in [0.25, 0.3) is 0 Å². The van der Waals surface area contributed by atoms with E-state index < -0.39 is 5.91 Å². The largest absolute Gasteiger partial charge is 0.396 e. The fraction of sp³-hybridized carbons (Fsp3) is 0.400. The number of carbonyl (C=O) groups is 1. The van der Waals surface area contributed by atoms with Crippen molar-refractivity contribution in [2.24, 2.45) is 5.73 Å². The zero-order chi connectivity index (χ0) is 11.7. The number of nitrogens with two attached hydrogens (primary N) is 2. The van der Waals surface area contributed by atoms with Gasteiger partial charge in [-0.25, -0.2) is 0 Å². The Morgan fingerprint density at radius 1 is 1.44 bits per heavy atom. The van der Waals surface area contributed by atoms with Gasteiger partial charge in [0.25, 0.3) is 5.91 Å². The zero-order valence-corrected chi connectivity index (χ0v) is 9.51. The van der Waals surface area contributed by atoms with E-state index in [1.165, 1.54) is 11.3 Å². The molecule has 0 aliphatic carbocycles. The summed E-state index contributed by atoms with van der Waals surface area (Å²) in [4.78, 5) is 13.5. The first kappa shape index (κ1) is 10.8. The first-order valence-corrected chi connectivity index (χ1v) is 5.84. The van der Waals surface area contributed by atoms with E-state index in [1.54, 1.807) is 0 Å². The lowest BCUT2D eigenvalue weighted by atomic mass is 10.2. The van der Waals surface area contributed by atoms with Gasteiger partial charge in [-0.3, -0.25) is 4.79 Å². The predicted molar refractivity (Wildman–Crippen MR) is 63.4 cm³/mol. The van der Waals surface area contributed by atoms with Crippen molar-refractivity contribution in [3.8, 4) is 6.07 Å². The molecule has 4 N–H and O–H groups in total. The molecule has 0 unspecified atom stereocenters. The van der Waals surface area contributed by atoms with Crippen molar-refractivity contribution in [3.05, 3.63) is 10.4 Å². The van der Waals surface area contributed by atoms with E-state index in [0.29, 0.717) is 10.4 Å². The first-order valence-electron chi connectivity index (χ1n) is 5.02. The van der Waals surface area contributed by atoms with Gasteiger partial charge in [-0.15, -0.1) is 11.3 Å². The van der Waals surface area contributed by atoms with Gasteiger partial charge >= 0.3 is 0 Å². The van der Waals surface area contributed by atoms with Crippen molar-refractivity contribution in [1.29, 1.82) is 5.26 Å². The quantitative estimate of drug-likeness (QED) is 0.797. The fourth-order valence-corrected chi connectivity index (χ4v) is 2.94. The molecule has 84 valence electrons. The molecule has 5 nitrogen and oxygen atoms in total. The molecule has 6 heteroatoms. The molecule has 1 aromatic rings. The highest BCUT2D eigenvalue weighted by molar-refractivity contribution is 7.19. The number of nitriles is 1. The Bertz CT molecular complexity index is 468. The minimum absolute atomic E-state index is 0.224. The second kappa shape index (κ2) is 4.02. The average molecular weight is 236 g/mol. The van der Waals surface area contributed by atoms with Gasteiger partial charge < -0.3 is 16.4 Å². The SMILES string of the molecule is N#Cc1c(N2CCCC2)sc(C(N)=O)c1N. The summed E-state index contributed by atoms with van der Waals surface area (Å²) in [5, 5.41) is 9.84. The Balaban J connectivity index is 2.48. The number of nitrogen functional groups attached to an aromatic ring is 1. The molecule has 0 spiro atoms. The van der Waals surface area contributed by atoms with Crippen LogP contribution in [0.3, 0.4) is 0 Å². The average Bonchev–Trinajstić information content (AvgIpc) is 2.83. The third-order valence-corrected chi connectivity index (χ3v) is 3.94. The summed E-state index contributed by atoms with van der Waals surface area (Å²) in [5.74, 6) is -0.565. The molecule has 1 saturated heterocycles. The second-order valence-corrected chi connectivity index (χ2v) is 4.69. The van der Waals surface area contributed by atoms with Gasteiger partial charge in [0.15, 0.2) is 0 Å². The number of hydrogen-bond donors (Lipinski definition) is 2. The van der Waals surface area contributed by atoms with E-state index in [4.69, 9.17) is 16.7 Å². The summed E-state index contributed by atoms with van der Waals surface area (Å²) in [6, 6.07) is 2.05. The smallest absolute Gasteiger partial charge is 0.261 e.